The van der Waals surface area contributed by atoms with Gasteiger partial charge in [0.05, 0.1) is 11.0 Å². The lowest BCUT2D eigenvalue weighted by atomic mass is 10.2. The molecule has 0 saturated carbocycles. The molecule has 29 heavy (non-hydrogen) atoms. The molecule has 2 heterocycles. The highest BCUT2D eigenvalue weighted by Gasteiger charge is 2.16. The number of imidazole rings is 1. The molecule has 0 aliphatic heterocycles. The molecule has 2 aromatic heterocycles. The van der Waals surface area contributed by atoms with Crippen molar-refractivity contribution < 1.29 is 4.79 Å². The van der Waals surface area contributed by atoms with Crippen LogP contribution in [-0.2, 0) is 13.0 Å². The maximum absolute atomic E-state index is 12.1. The lowest BCUT2D eigenvalue weighted by Crippen LogP contribution is -2.24. The highest BCUT2D eigenvalue weighted by molar-refractivity contribution is 6.06. The van der Waals surface area contributed by atoms with Gasteiger partial charge in [0, 0.05) is 30.5 Å². The van der Waals surface area contributed by atoms with Crippen LogP contribution < -0.4 is 11.1 Å². The molecule has 0 aliphatic carbocycles. The molecule has 0 saturated heterocycles. The van der Waals surface area contributed by atoms with Crippen molar-refractivity contribution in [2.24, 2.45) is 0 Å². The Morgan fingerprint density at radius 2 is 1.79 bits per heavy atom. The predicted molar refractivity (Wildman–Crippen MR) is 117 cm³/mol. The zero-order valence-corrected chi connectivity index (χ0v) is 16.6. The number of aromatic nitrogens is 3. The summed E-state index contributed by atoms with van der Waals surface area (Å²) in [5, 5.41) is 4.06. The van der Waals surface area contributed by atoms with Crippen LogP contribution in [0.4, 0.5) is 5.82 Å². The number of hydrogen-bond acceptors (Lipinski definition) is 4. The summed E-state index contributed by atoms with van der Waals surface area (Å²) in [4.78, 5) is 21.4. The van der Waals surface area contributed by atoms with Crippen LogP contribution in [0.25, 0.3) is 21.9 Å². The van der Waals surface area contributed by atoms with Gasteiger partial charge in [-0.1, -0.05) is 43.3 Å². The second-order valence-electron chi connectivity index (χ2n) is 7.07. The fourth-order valence-electron chi connectivity index (χ4n) is 3.70. The van der Waals surface area contributed by atoms with Gasteiger partial charge in [-0.25, -0.2) is 9.97 Å². The van der Waals surface area contributed by atoms with E-state index >= 15 is 0 Å². The van der Waals surface area contributed by atoms with Crippen molar-refractivity contribution in [3.63, 3.8) is 0 Å². The average molecular weight is 387 g/mol. The third-order valence-corrected chi connectivity index (χ3v) is 5.14. The number of pyridine rings is 1. The number of para-hydroxylation sites is 1. The third-order valence-electron chi connectivity index (χ3n) is 5.14. The first-order valence-corrected chi connectivity index (χ1v) is 10.1. The molecule has 0 bridgehead atoms. The van der Waals surface area contributed by atoms with Crippen LogP contribution in [0.15, 0.2) is 54.6 Å². The standard InChI is InChI=1S/C23H25N5O/c1-2-19-27-20-21(17-12-6-7-13-18(17)26-22(20)24)28(19)15-9-8-14-25-23(29)16-10-4-3-5-11-16/h3-7,10-13H,2,8-9,14-15H2,1H3,(H2,24,26)(H,25,29). The van der Waals surface area contributed by atoms with Crippen molar-refractivity contribution in [1.29, 1.82) is 0 Å². The number of benzene rings is 2. The normalized spacial score (nSPS) is 11.2. The number of anilines is 1. The highest BCUT2D eigenvalue weighted by Crippen LogP contribution is 2.29. The molecular formula is C23H25N5O. The van der Waals surface area contributed by atoms with Crippen LogP contribution in [0, 0.1) is 0 Å². The summed E-state index contributed by atoms with van der Waals surface area (Å²) in [6.07, 6.45) is 2.65. The number of fused-ring (bicyclic) bond motifs is 3. The van der Waals surface area contributed by atoms with E-state index in [1.54, 1.807) is 0 Å². The molecule has 3 N–H and O–H groups in total. The summed E-state index contributed by atoms with van der Waals surface area (Å²) < 4.78 is 2.26. The van der Waals surface area contributed by atoms with Crippen LogP contribution in [-0.4, -0.2) is 27.0 Å². The molecule has 0 fully saturated rings. The molecule has 0 unspecified atom stereocenters. The van der Waals surface area contributed by atoms with Gasteiger partial charge in [0.2, 0.25) is 0 Å². The molecule has 6 nitrogen and oxygen atoms in total. The fraction of sp³-hybridized carbons (Fsp3) is 0.261. The van der Waals surface area contributed by atoms with E-state index in [1.165, 1.54) is 0 Å². The molecule has 148 valence electrons. The Morgan fingerprint density at radius 1 is 1.03 bits per heavy atom. The quantitative estimate of drug-likeness (QED) is 0.470. The second-order valence-corrected chi connectivity index (χ2v) is 7.07. The van der Waals surface area contributed by atoms with E-state index in [0.29, 0.717) is 17.9 Å². The van der Waals surface area contributed by atoms with Crippen LogP contribution in [0.5, 0.6) is 0 Å². The van der Waals surface area contributed by atoms with Crippen LogP contribution in [0.1, 0.15) is 35.9 Å². The number of carbonyl (C=O) groups excluding carboxylic acids is 1. The summed E-state index contributed by atoms with van der Waals surface area (Å²) in [6.45, 7) is 3.57. The topological polar surface area (TPSA) is 85.8 Å². The van der Waals surface area contributed by atoms with E-state index in [1.807, 2.05) is 48.5 Å². The molecule has 6 heteroatoms. The number of nitrogens with zero attached hydrogens (tertiary/aromatic N) is 3. The van der Waals surface area contributed by atoms with Gasteiger partial charge in [0.25, 0.3) is 5.91 Å². The predicted octanol–water partition coefficient (Wildman–Crippen LogP) is 3.94. The Morgan fingerprint density at radius 3 is 2.59 bits per heavy atom. The average Bonchev–Trinajstić information content (AvgIpc) is 3.13. The Kier molecular flexibility index (Phi) is 5.42. The first-order valence-electron chi connectivity index (χ1n) is 10.1. The SMILES string of the molecule is CCc1nc2c(N)nc3ccccc3c2n1CCCCNC(=O)c1ccccc1. The lowest BCUT2D eigenvalue weighted by Gasteiger charge is -2.11. The van der Waals surface area contributed by atoms with E-state index in [0.717, 1.165) is 53.6 Å². The number of amides is 1. The summed E-state index contributed by atoms with van der Waals surface area (Å²) >= 11 is 0. The van der Waals surface area contributed by atoms with Crippen LogP contribution in [0.2, 0.25) is 0 Å². The number of aryl methyl sites for hydroxylation is 2. The minimum Gasteiger partial charge on any atom is -0.382 e. The van der Waals surface area contributed by atoms with E-state index in [9.17, 15) is 4.79 Å². The van der Waals surface area contributed by atoms with Gasteiger partial charge in [-0.05, 0) is 31.0 Å². The Balaban J connectivity index is 1.48. The van der Waals surface area contributed by atoms with E-state index in [-0.39, 0.29) is 5.91 Å². The zero-order valence-electron chi connectivity index (χ0n) is 16.6. The smallest absolute Gasteiger partial charge is 0.251 e. The van der Waals surface area contributed by atoms with Gasteiger partial charge in [-0.15, -0.1) is 0 Å². The maximum atomic E-state index is 12.1. The Labute approximate surface area is 169 Å². The molecule has 0 atom stereocenters. The van der Waals surface area contributed by atoms with Gasteiger partial charge in [0.1, 0.15) is 11.3 Å². The van der Waals surface area contributed by atoms with E-state index < -0.39 is 0 Å². The molecule has 4 rings (SSSR count). The van der Waals surface area contributed by atoms with Gasteiger partial charge in [-0.3, -0.25) is 4.79 Å². The molecule has 0 spiro atoms. The number of hydrogen-bond donors (Lipinski definition) is 2. The Bertz CT molecular complexity index is 1150. The summed E-state index contributed by atoms with van der Waals surface area (Å²) in [5.74, 6) is 1.46. The molecule has 0 radical (unpaired) electrons. The van der Waals surface area contributed by atoms with Gasteiger partial charge >= 0.3 is 0 Å². The molecular weight excluding hydrogens is 362 g/mol. The summed E-state index contributed by atoms with van der Waals surface area (Å²) in [5.41, 5.74) is 9.60. The Hall–Kier alpha value is -3.41. The minimum absolute atomic E-state index is 0.0298. The lowest BCUT2D eigenvalue weighted by molar-refractivity contribution is 0.0953. The van der Waals surface area contributed by atoms with E-state index in [4.69, 9.17) is 10.7 Å². The molecule has 2 aromatic carbocycles. The highest BCUT2D eigenvalue weighted by atomic mass is 16.1. The van der Waals surface area contributed by atoms with Crippen LogP contribution in [0.3, 0.4) is 0 Å². The van der Waals surface area contributed by atoms with Crippen LogP contribution >= 0.6 is 0 Å². The van der Waals surface area contributed by atoms with Gasteiger partial charge in [-0.2, -0.15) is 0 Å². The van der Waals surface area contributed by atoms with Crippen molar-refractivity contribution in [1.82, 2.24) is 19.9 Å². The number of unbranched alkanes of at least 4 members (excludes halogenated alkanes) is 1. The summed E-state index contributed by atoms with van der Waals surface area (Å²) in [6, 6.07) is 17.3. The number of nitrogens with one attached hydrogen (secondary N) is 1. The molecule has 0 aliphatic rings. The first-order chi connectivity index (χ1) is 14.2. The fourth-order valence-corrected chi connectivity index (χ4v) is 3.70. The number of carbonyl (C=O) groups is 1. The first kappa shape index (κ1) is 18.9. The van der Waals surface area contributed by atoms with Gasteiger partial charge < -0.3 is 15.6 Å². The molecule has 1 amide bonds. The van der Waals surface area contributed by atoms with E-state index in [2.05, 4.69) is 27.9 Å². The second kappa shape index (κ2) is 8.31. The third kappa shape index (κ3) is 3.78. The van der Waals surface area contributed by atoms with Crippen molar-refractivity contribution >= 4 is 33.7 Å². The minimum atomic E-state index is -0.0298. The molecule has 4 aromatic rings. The van der Waals surface area contributed by atoms with Crippen molar-refractivity contribution in [3.8, 4) is 0 Å². The number of nitrogens with two attached hydrogens (primary N) is 1. The van der Waals surface area contributed by atoms with Crippen molar-refractivity contribution in [2.45, 2.75) is 32.7 Å². The van der Waals surface area contributed by atoms with Gasteiger partial charge in [0.15, 0.2) is 5.82 Å². The zero-order chi connectivity index (χ0) is 20.2. The number of nitrogen functional groups attached to an aromatic ring is 1. The summed E-state index contributed by atoms with van der Waals surface area (Å²) in [7, 11) is 0. The largest absolute Gasteiger partial charge is 0.382 e. The number of rotatable bonds is 7. The maximum Gasteiger partial charge on any atom is 0.251 e. The van der Waals surface area contributed by atoms with Crippen molar-refractivity contribution in [2.75, 3.05) is 12.3 Å². The monoisotopic (exact) mass is 387 g/mol. The van der Waals surface area contributed by atoms with Crippen molar-refractivity contribution in [3.05, 3.63) is 66.0 Å².